The van der Waals surface area contributed by atoms with Gasteiger partial charge < -0.3 is 0 Å². The normalized spacial score (nSPS) is 17.0. The molecule has 1 aromatic carbocycles. The highest BCUT2D eigenvalue weighted by Crippen LogP contribution is 2.34. The molecule has 1 amide bonds. The highest BCUT2D eigenvalue weighted by molar-refractivity contribution is 7.14. The van der Waals surface area contributed by atoms with Gasteiger partial charge in [0.05, 0.1) is 11.7 Å². The van der Waals surface area contributed by atoms with E-state index in [9.17, 15) is 4.79 Å². The van der Waals surface area contributed by atoms with Gasteiger partial charge in [-0.05, 0) is 56.1 Å². The zero-order valence-electron chi connectivity index (χ0n) is 15.6. The first-order chi connectivity index (χ1) is 13.6. The first-order valence-corrected chi connectivity index (χ1v) is 10.5. The Hall–Kier alpha value is -2.28. The van der Waals surface area contributed by atoms with Crippen LogP contribution in [0.4, 0.5) is 5.13 Å². The number of benzene rings is 1. The SMILES string of the molecule is Cc1ccc(CN2CCC[C@@H]2c2csc(NC(=O)c3cccc(Cl)c3)n2)cn1. The molecule has 1 N–H and O–H groups in total. The highest BCUT2D eigenvalue weighted by Gasteiger charge is 2.28. The van der Waals surface area contributed by atoms with Crippen molar-refractivity contribution in [3.05, 3.63) is 75.5 Å². The minimum Gasteiger partial charge on any atom is -0.298 e. The van der Waals surface area contributed by atoms with E-state index in [1.54, 1.807) is 24.3 Å². The monoisotopic (exact) mass is 412 g/mol. The number of pyridine rings is 1. The molecule has 0 spiro atoms. The topological polar surface area (TPSA) is 58.1 Å². The molecule has 4 rings (SSSR count). The quantitative estimate of drug-likeness (QED) is 0.634. The Bertz CT molecular complexity index is 973. The highest BCUT2D eigenvalue weighted by atomic mass is 35.5. The second kappa shape index (κ2) is 8.39. The molecule has 5 nitrogen and oxygen atoms in total. The molecule has 0 saturated carbocycles. The van der Waals surface area contributed by atoms with Crippen LogP contribution >= 0.6 is 22.9 Å². The molecular formula is C21H21ClN4OS. The van der Waals surface area contributed by atoms with Crippen LogP contribution in [0.25, 0.3) is 0 Å². The number of hydrogen-bond donors (Lipinski definition) is 1. The maximum absolute atomic E-state index is 12.4. The maximum Gasteiger partial charge on any atom is 0.257 e. The van der Waals surface area contributed by atoms with Gasteiger partial charge in [0.25, 0.3) is 5.91 Å². The third-order valence-corrected chi connectivity index (χ3v) is 5.90. The van der Waals surface area contributed by atoms with E-state index < -0.39 is 0 Å². The maximum atomic E-state index is 12.4. The van der Waals surface area contributed by atoms with E-state index in [-0.39, 0.29) is 11.9 Å². The van der Waals surface area contributed by atoms with Gasteiger partial charge in [-0.25, -0.2) is 4.98 Å². The van der Waals surface area contributed by atoms with Gasteiger partial charge in [0, 0.05) is 34.4 Å². The first-order valence-electron chi connectivity index (χ1n) is 9.26. The second-order valence-electron chi connectivity index (χ2n) is 6.98. The van der Waals surface area contributed by atoms with Crippen molar-refractivity contribution in [2.75, 3.05) is 11.9 Å². The number of aryl methyl sites for hydroxylation is 1. The molecule has 144 valence electrons. The van der Waals surface area contributed by atoms with Crippen LogP contribution in [0.1, 0.15) is 46.2 Å². The van der Waals surface area contributed by atoms with Crippen molar-refractivity contribution >= 4 is 34.0 Å². The number of amides is 1. The van der Waals surface area contributed by atoms with Gasteiger partial charge in [-0.1, -0.05) is 23.7 Å². The van der Waals surface area contributed by atoms with Crippen LogP contribution in [0, 0.1) is 6.92 Å². The van der Waals surface area contributed by atoms with Crippen molar-refractivity contribution in [1.82, 2.24) is 14.9 Å². The largest absolute Gasteiger partial charge is 0.298 e. The predicted octanol–water partition coefficient (Wildman–Crippen LogP) is 5.09. The van der Waals surface area contributed by atoms with Gasteiger partial charge in [-0.2, -0.15) is 0 Å². The van der Waals surface area contributed by atoms with Crippen LogP contribution < -0.4 is 5.32 Å². The summed E-state index contributed by atoms with van der Waals surface area (Å²) < 4.78 is 0. The van der Waals surface area contributed by atoms with E-state index in [0.717, 1.165) is 37.3 Å². The minimum atomic E-state index is -0.197. The van der Waals surface area contributed by atoms with Gasteiger partial charge in [0.1, 0.15) is 0 Å². The van der Waals surface area contributed by atoms with Crippen molar-refractivity contribution in [2.45, 2.75) is 32.4 Å². The molecule has 0 bridgehead atoms. The summed E-state index contributed by atoms with van der Waals surface area (Å²) in [5.74, 6) is -0.197. The summed E-state index contributed by atoms with van der Waals surface area (Å²) in [5, 5.41) is 6.08. The van der Waals surface area contributed by atoms with Gasteiger partial charge in [-0.15, -0.1) is 11.3 Å². The first kappa shape index (κ1) is 19.1. The third kappa shape index (κ3) is 4.41. The fraction of sp³-hybridized carbons (Fsp3) is 0.286. The molecule has 1 saturated heterocycles. The number of carbonyl (C=O) groups excluding carboxylic acids is 1. The van der Waals surface area contributed by atoms with Gasteiger partial charge in [0.2, 0.25) is 0 Å². The molecule has 0 radical (unpaired) electrons. The average Bonchev–Trinajstić information content (AvgIpc) is 3.33. The zero-order chi connectivity index (χ0) is 19.5. The number of likely N-dealkylation sites (tertiary alicyclic amines) is 1. The standard InChI is InChI=1S/C21H21ClN4OS/c1-14-7-8-15(11-23-14)12-26-9-3-6-19(26)18-13-28-21(24-18)25-20(27)16-4-2-5-17(22)10-16/h2,4-5,7-8,10-11,13,19H,3,6,9,12H2,1H3,(H,24,25,27)/t19-/m1/s1. The van der Waals surface area contributed by atoms with E-state index in [1.165, 1.54) is 16.9 Å². The molecule has 1 aliphatic heterocycles. The molecular weight excluding hydrogens is 392 g/mol. The minimum absolute atomic E-state index is 0.197. The summed E-state index contributed by atoms with van der Waals surface area (Å²) in [6, 6.07) is 11.4. The molecule has 1 atom stereocenters. The Morgan fingerprint density at radius 2 is 2.25 bits per heavy atom. The number of aromatic nitrogens is 2. The molecule has 7 heteroatoms. The number of hydrogen-bond acceptors (Lipinski definition) is 5. The van der Waals surface area contributed by atoms with Gasteiger partial charge in [0.15, 0.2) is 5.13 Å². The summed E-state index contributed by atoms with van der Waals surface area (Å²) in [4.78, 5) is 23.9. The van der Waals surface area contributed by atoms with Crippen LogP contribution in [-0.4, -0.2) is 27.3 Å². The van der Waals surface area contributed by atoms with Crippen LogP contribution in [0.3, 0.4) is 0 Å². The lowest BCUT2D eigenvalue weighted by molar-refractivity contribution is 0.102. The summed E-state index contributed by atoms with van der Waals surface area (Å²) in [6.45, 7) is 3.90. The molecule has 0 aliphatic carbocycles. The number of rotatable bonds is 5. The van der Waals surface area contributed by atoms with E-state index in [0.29, 0.717) is 15.7 Å². The number of thiazole rings is 1. The average molecular weight is 413 g/mol. The van der Waals surface area contributed by atoms with Crippen molar-refractivity contribution in [2.24, 2.45) is 0 Å². The van der Waals surface area contributed by atoms with Crippen molar-refractivity contribution in [3.63, 3.8) is 0 Å². The molecule has 1 aliphatic rings. The molecule has 0 unspecified atom stereocenters. The van der Waals surface area contributed by atoms with E-state index in [4.69, 9.17) is 11.6 Å². The number of anilines is 1. The second-order valence-corrected chi connectivity index (χ2v) is 8.27. The molecule has 28 heavy (non-hydrogen) atoms. The van der Waals surface area contributed by atoms with Crippen molar-refractivity contribution in [3.8, 4) is 0 Å². The fourth-order valence-electron chi connectivity index (χ4n) is 3.47. The summed E-state index contributed by atoms with van der Waals surface area (Å²) in [5.41, 5.74) is 3.78. The molecule has 1 fully saturated rings. The van der Waals surface area contributed by atoms with E-state index in [2.05, 4.69) is 26.3 Å². The van der Waals surface area contributed by atoms with Gasteiger partial charge in [-0.3, -0.25) is 20.0 Å². The van der Waals surface area contributed by atoms with Crippen LogP contribution in [0.5, 0.6) is 0 Å². The Labute approximate surface area is 173 Å². The smallest absolute Gasteiger partial charge is 0.257 e. The van der Waals surface area contributed by atoms with Gasteiger partial charge >= 0.3 is 0 Å². The third-order valence-electron chi connectivity index (χ3n) is 4.89. The zero-order valence-corrected chi connectivity index (χ0v) is 17.1. The number of halogens is 1. The summed E-state index contributed by atoms with van der Waals surface area (Å²) >= 11 is 7.43. The predicted molar refractivity (Wildman–Crippen MR) is 113 cm³/mol. The number of nitrogens with one attached hydrogen (secondary N) is 1. The van der Waals surface area contributed by atoms with Crippen molar-refractivity contribution < 1.29 is 4.79 Å². The molecule has 3 heterocycles. The van der Waals surface area contributed by atoms with Crippen molar-refractivity contribution in [1.29, 1.82) is 0 Å². The van der Waals surface area contributed by atoms with E-state index in [1.807, 2.05) is 24.6 Å². The van der Waals surface area contributed by atoms with E-state index >= 15 is 0 Å². The Morgan fingerprint density at radius 3 is 3.04 bits per heavy atom. The summed E-state index contributed by atoms with van der Waals surface area (Å²) in [7, 11) is 0. The lowest BCUT2D eigenvalue weighted by Gasteiger charge is -2.23. The molecule has 2 aromatic heterocycles. The Balaban J connectivity index is 1.44. The van der Waals surface area contributed by atoms with Crippen LogP contribution in [0.15, 0.2) is 48.0 Å². The summed E-state index contributed by atoms with van der Waals surface area (Å²) in [6.07, 6.45) is 4.17. The Morgan fingerprint density at radius 1 is 1.36 bits per heavy atom. The number of nitrogens with zero attached hydrogens (tertiary/aromatic N) is 3. The van der Waals surface area contributed by atoms with Crippen LogP contribution in [-0.2, 0) is 6.54 Å². The van der Waals surface area contributed by atoms with Crippen LogP contribution in [0.2, 0.25) is 5.02 Å². The lowest BCUT2D eigenvalue weighted by Crippen LogP contribution is -2.23. The lowest BCUT2D eigenvalue weighted by atomic mass is 10.1. The Kier molecular flexibility index (Phi) is 5.71. The fourth-order valence-corrected chi connectivity index (χ4v) is 4.41. The molecule has 3 aromatic rings. The number of carbonyl (C=O) groups is 1.